The molecule has 100 valence electrons. The van der Waals surface area contributed by atoms with E-state index in [0.29, 0.717) is 0 Å². The number of aliphatic hydroxyl groups is 1. The van der Waals surface area contributed by atoms with Crippen molar-refractivity contribution in [3.05, 3.63) is 48.0 Å². The first-order valence-corrected chi connectivity index (χ1v) is 7.17. The van der Waals surface area contributed by atoms with Gasteiger partial charge in [-0.1, -0.05) is 49.4 Å². The third-order valence-electron chi connectivity index (χ3n) is 4.31. The Bertz CT molecular complexity index is 566. The van der Waals surface area contributed by atoms with Crippen molar-refractivity contribution < 1.29 is 5.11 Å². The predicted octanol–water partition coefficient (Wildman–Crippen LogP) is 3.01. The molecular formula is C17H21NO. The molecule has 3 rings (SSSR count). The summed E-state index contributed by atoms with van der Waals surface area (Å²) in [5.74, 6) is 0.285. The Morgan fingerprint density at radius 2 is 1.95 bits per heavy atom. The van der Waals surface area contributed by atoms with Crippen LogP contribution in [0.15, 0.2) is 42.5 Å². The number of hydrogen-bond acceptors (Lipinski definition) is 2. The molecule has 0 unspecified atom stereocenters. The van der Waals surface area contributed by atoms with Crippen LogP contribution in [0.3, 0.4) is 0 Å². The fourth-order valence-corrected chi connectivity index (χ4v) is 3.11. The number of piperidine rings is 1. The van der Waals surface area contributed by atoms with Crippen molar-refractivity contribution in [2.24, 2.45) is 0 Å². The van der Waals surface area contributed by atoms with Crippen LogP contribution in [-0.4, -0.2) is 35.7 Å². The van der Waals surface area contributed by atoms with E-state index in [4.69, 9.17) is 0 Å². The van der Waals surface area contributed by atoms with Crippen LogP contribution >= 0.6 is 0 Å². The van der Waals surface area contributed by atoms with Gasteiger partial charge in [0, 0.05) is 12.5 Å². The molecule has 0 bridgehead atoms. The highest BCUT2D eigenvalue weighted by Crippen LogP contribution is 2.30. The summed E-state index contributed by atoms with van der Waals surface area (Å²) in [6.07, 6.45) is 0.808. The number of likely N-dealkylation sites (N-methyl/N-ethyl adjacent to an activating group) is 1. The Kier molecular flexibility index (Phi) is 3.54. The van der Waals surface area contributed by atoms with Crippen LogP contribution in [-0.2, 0) is 0 Å². The lowest BCUT2D eigenvalue weighted by atomic mass is 9.86. The highest BCUT2D eigenvalue weighted by atomic mass is 16.3. The molecule has 2 nitrogen and oxygen atoms in total. The summed E-state index contributed by atoms with van der Waals surface area (Å²) in [4.78, 5) is 2.32. The summed E-state index contributed by atoms with van der Waals surface area (Å²) in [7, 11) is 0. The van der Waals surface area contributed by atoms with Crippen molar-refractivity contribution in [2.75, 3.05) is 19.6 Å². The lowest BCUT2D eigenvalue weighted by Gasteiger charge is -2.35. The van der Waals surface area contributed by atoms with E-state index in [2.05, 4.69) is 54.3 Å². The maximum Gasteiger partial charge on any atom is 0.0735 e. The van der Waals surface area contributed by atoms with E-state index in [0.717, 1.165) is 26.1 Å². The summed E-state index contributed by atoms with van der Waals surface area (Å²) in [5.41, 5.74) is 1.28. The minimum absolute atomic E-state index is 0.241. The second-order valence-corrected chi connectivity index (χ2v) is 5.46. The molecule has 2 aromatic rings. The molecule has 1 fully saturated rings. The quantitative estimate of drug-likeness (QED) is 0.891. The van der Waals surface area contributed by atoms with Gasteiger partial charge in [0.2, 0.25) is 0 Å². The second kappa shape index (κ2) is 5.32. The molecule has 1 heterocycles. The number of likely N-dealkylation sites (tertiary alicyclic amines) is 1. The molecule has 2 heteroatoms. The Hall–Kier alpha value is -1.38. The molecule has 0 spiro atoms. The van der Waals surface area contributed by atoms with Gasteiger partial charge >= 0.3 is 0 Å². The molecule has 0 amide bonds. The molecule has 1 saturated heterocycles. The van der Waals surface area contributed by atoms with Crippen molar-refractivity contribution in [1.82, 2.24) is 4.90 Å². The number of aliphatic hydroxyl groups excluding tert-OH is 1. The molecule has 1 N–H and O–H groups in total. The fourth-order valence-electron chi connectivity index (χ4n) is 3.11. The van der Waals surface area contributed by atoms with Gasteiger partial charge < -0.3 is 10.0 Å². The number of β-amino-alcohol motifs (C(OH)–C–C–N with tert-alkyl or cyclic N) is 1. The van der Waals surface area contributed by atoms with E-state index >= 15 is 0 Å². The Morgan fingerprint density at radius 3 is 2.68 bits per heavy atom. The van der Waals surface area contributed by atoms with Gasteiger partial charge in [0.05, 0.1) is 6.10 Å². The van der Waals surface area contributed by atoms with E-state index < -0.39 is 0 Å². The number of nitrogens with zero attached hydrogens (tertiary/aromatic N) is 1. The highest BCUT2D eigenvalue weighted by molar-refractivity contribution is 5.83. The summed E-state index contributed by atoms with van der Waals surface area (Å²) in [6, 6.07) is 15.0. The average Bonchev–Trinajstić information content (AvgIpc) is 2.46. The molecule has 0 aromatic heterocycles. The van der Waals surface area contributed by atoms with Gasteiger partial charge in [-0.05, 0) is 35.8 Å². The van der Waals surface area contributed by atoms with Crippen LogP contribution in [0.5, 0.6) is 0 Å². The topological polar surface area (TPSA) is 23.5 Å². The van der Waals surface area contributed by atoms with Crippen LogP contribution in [0.25, 0.3) is 10.8 Å². The number of fused-ring (bicyclic) bond motifs is 1. The van der Waals surface area contributed by atoms with E-state index in [1.165, 1.54) is 16.3 Å². The number of benzene rings is 2. The molecule has 0 radical (unpaired) electrons. The van der Waals surface area contributed by atoms with Crippen LogP contribution in [0.1, 0.15) is 24.8 Å². The van der Waals surface area contributed by atoms with E-state index in [1.54, 1.807) is 0 Å². The van der Waals surface area contributed by atoms with Crippen LogP contribution in [0.2, 0.25) is 0 Å². The second-order valence-electron chi connectivity index (χ2n) is 5.46. The minimum Gasteiger partial charge on any atom is -0.391 e. The Labute approximate surface area is 114 Å². The SMILES string of the molecule is CCN1CC[C@@H](c2ccc3ccccc3c2)[C@H](O)C1. The van der Waals surface area contributed by atoms with E-state index in [1.807, 2.05) is 0 Å². The van der Waals surface area contributed by atoms with Crippen molar-refractivity contribution >= 4 is 10.8 Å². The Balaban J connectivity index is 1.87. The lowest BCUT2D eigenvalue weighted by molar-refractivity contribution is 0.0540. The maximum atomic E-state index is 10.4. The van der Waals surface area contributed by atoms with Crippen molar-refractivity contribution in [2.45, 2.75) is 25.4 Å². The van der Waals surface area contributed by atoms with E-state index in [9.17, 15) is 5.11 Å². The summed E-state index contributed by atoms with van der Waals surface area (Å²) >= 11 is 0. The summed E-state index contributed by atoms with van der Waals surface area (Å²) in [5, 5.41) is 12.9. The smallest absolute Gasteiger partial charge is 0.0735 e. The minimum atomic E-state index is -0.241. The Morgan fingerprint density at radius 1 is 1.16 bits per heavy atom. The fraction of sp³-hybridized carbons (Fsp3) is 0.412. The molecule has 2 atom stereocenters. The van der Waals surface area contributed by atoms with Crippen molar-refractivity contribution in [3.8, 4) is 0 Å². The standard InChI is InChI=1S/C17H21NO/c1-2-18-10-9-16(17(19)12-18)15-8-7-13-5-3-4-6-14(13)11-15/h3-8,11,16-17,19H,2,9-10,12H2,1H3/t16-,17+/m0/s1. The van der Waals surface area contributed by atoms with Crippen LogP contribution < -0.4 is 0 Å². The number of rotatable bonds is 2. The van der Waals surface area contributed by atoms with Gasteiger partial charge in [-0.2, -0.15) is 0 Å². The molecule has 1 aliphatic heterocycles. The number of hydrogen-bond donors (Lipinski definition) is 1. The van der Waals surface area contributed by atoms with Gasteiger partial charge in [-0.15, -0.1) is 0 Å². The monoisotopic (exact) mass is 255 g/mol. The normalized spacial score (nSPS) is 24.7. The summed E-state index contributed by atoms with van der Waals surface area (Å²) < 4.78 is 0. The van der Waals surface area contributed by atoms with Gasteiger partial charge in [-0.25, -0.2) is 0 Å². The zero-order valence-electron chi connectivity index (χ0n) is 11.4. The predicted molar refractivity (Wildman–Crippen MR) is 79.4 cm³/mol. The molecule has 0 saturated carbocycles. The average molecular weight is 255 g/mol. The highest BCUT2D eigenvalue weighted by Gasteiger charge is 2.28. The lowest BCUT2D eigenvalue weighted by Crippen LogP contribution is -2.42. The zero-order chi connectivity index (χ0) is 13.2. The molecule has 19 heavy (non-hydrogen) atoms. The first kappa shape index (κ1) is 12.6. The summed E-state index contributed by atoms with van der Waals surface area (Å²) in [6.45, 7) is 5.07. The van der Waals surface area contributed by atoms with E-state index in [-0.39, 0.29) is 12.0 Å². The molecule has 2 aromatic carbocycles. The third-order valence-corrected chi connectivity index (χ3v) is 4.31. The van der Waals surface area contributed by atoms with Crippen LogP contribution in [0, 0.1) is 0 Å². The van der Waals surface area contributed by atoms with Crippen molar-refractivity contribution in [3.63, 3.8) is 0 Å². The van der Waals surface area contributed by atoms with Crippen LogP contribution in [0.4, 0.5) is 0 Å². The zero-order valence-corrected chi connectivity index (χ0v) is 11.4. The first-order valence-electron chi connectivity index (χ1n) is 7.17. The first-order chi connectivity index (χ1) is 9.28. The van der Waals surface area contributed by atoms with Gasteiger partial charge in [0.15, 0.2) is 0 Å². The maximum absolute atomic E-state index is 10.4. The van der Waals surface area contributed by atoms with Gasteiger partial charge in [0.25, 0.3) is 0 Å². The molecular weight excluding hydrogens is 234 g/mol. The third kappa shape index (κ3) is 2.51. The molecule has 0 aliphatic carbocycles. The van der Waals surface area contributed by atoms with Gasteiger partial charge in [0.1, 0.15) is 0 Å². The van der Waals surface area contributed by atoms with Gasteiger partial charge in [-0.3, -0.25) is 0 Å². The molecule has 1 aliphatic rings. The van der Waals surface area contributed by atoms with Crippen molar-refractivity contribution in [1.29, 1.82) is 0 Å². The largest absolute Gasteiger partial charge is 0.391 e.